The molecule has 0 bridgehead atoms. The fourth-order valence-corrected chi connectivity index (χ4v) is 3.35. The maximum atomic E-state index is 13.5. The Bertz CT molecular complexity index is 964. The normalized spacial score (nSPS) is 19.8. The fourth-order valence-electron chi connectivity index (χ4n) is 3.35. The van der Waals surface area contributed by atoms with Crippen LogP contribution in [0.15, 0.2) is 42.5 Å². The van der Waals surface area contributed by atoms with Crippen LogP contribution in [0.4, 0.5) is 10.1 Å². The number of nitrogens with one attached hydrogen (secondary N) is 2. The van der Waals surface area contributed by atoms with Gasteiger partial charge in [-0.25, -0.2) is 4.39 Å². The number of anilines is 1. The number of rotatable bonds is 6. The summed E-state index contributed by atoms with van der Waals surface area (Å²) in [5.41, 5.74) is 6.71. The van der Waals surface area contributed by atoms with Crippen LogP contribution in [0.5, 0.6) is 5.75 Å². The van der Waals surface area contributed by atoms with Crippen LogP contribution in [0.25, 0.3) is 0 Å². The fraction of sp³-hybridized carbons (Fsp3) is 0.286. The number of methoxy groups -OCH3 is 1. The lowest BCUT2D eigenvalue weighted by atomic mass is 9.85. The van der Waals surface area contributed by atoms with Crippen molar-refractivity contribution in [1.29, 1.82) is 5.41 Å². The van der Waals surface area contributed by atoms with Crippen molar-refractivity contribution in [3.63, 3.8) is 0 Å². The molecular formula is C21H22FN3O5. The second-order valence-corrected chi connectivity index (χ2v) is 6.85. The van der Waals surface area contributed by atoms with Crippen molar-refractivity contribution in [2.75, 3.05) is 19.0 Å². The van der Waals surface area contributed by atoms with Crippen molar-refractivity contribution in [2.24, 2.45) is 5.73 Å². The van der Waals surface area contributed by atoms with Gasteiger partial charge in [0.2, 0.25) is 0 Å². The number of ether oxygens (including phenoxy) is 2. The predicted molar refractivity (Wildman–Crippen MR) is 107 cm³/mol. The topological polar surface area (TPSA) is 135 Å². The molecular weight excluding hydrogens is 393 g/mol. The number of Topliss-reactive ketones (excluding diaryl/α,β-unsaturated/α-hetero) is 1. The molecule has 0 aliphatic carbocycles. The Kier molecular flexibility index (Phi) is 6.43. The summed E-state index contributed by atoms with van der Waals surface area (Å²) in [5.74, 6) is -2.38. The molecule has 2 aromatic carbocycles. The molecule has 9 heteroatoms. The van der Waals surface area contributed by atoms with E-state index in [1.807, 2.05) is 0 Å². The molecule has 3 rings (SSSR count). The van der Waals surface area contributed by atoms with E-state index in [1.54, 1.807) is 12.1 Å². The minimum absolute atomic E-state index is 0.114. The minimum atomic E-state index is -1.74. The van der Waals surface area contributed by atoms with Gasteiger partial charge in [-0.1, -0.05) is 6.07 Å². The van der Waals surface area contributed by atoms with E-state index >= 15 is 0 Å². The summed E-state index contributed by atoms with van der Waals surface area (Å²) in [6.07, 6.45) is -2.78. The highest BCUT2D eigenvalue weighted by Crippen LogP contribution is 2.34. The molecule has 1 fully saturated rings. The summed E-state index contributed by atoms with van der Waals surface area (Å²) >= 11 is 0. The summed E-state index contributed by atoms with van der Waals surface area (Å²) in [6.45, 7) is 0.138. The number of nitrogens with two attached hydrogens (primary N) is 1. The van der Waals surface area contributed by atoms with Crippen LogP contribution >= 0.6 is 0 Å². The van der Waals surface area contributed by atoms with E-state index < -0.39 is 35.6 Å². The zero-order valence-corrected chi connectivity index (χ0v) is 16.2. The molecule has 1 unspecified atom stereocenters. The SMILES string of the molecule is COc1cc(F)ccc1C1CCO[C@H]([C@@H](O)C(=O)Nc2ccc(C(=N)N)cc2)C1=O. The maximum absolute atomic E-state index is 13.5. The number of ketones is 1. The molecule has 0 aromatic heterocycles. The van der Waals surface area contributed by atoms with E-state index in [2.05, 4.69) is 5.32 Å². The number of amidine groups is 1. The Hall–Kier alpha value is -3.30. The smallest absolute Gasteiger partial charge is 0.256 e. The number of benzene rings is 2. The van der Waals surface area contributed by atoms with E-state index in [4.69, 9.17) is 20.6 Å². The predicted octanol–water partition coefficient (Wildman–Crippen LogP) is 1.56. The van der Waals surface area contributed by atoms with Gasteiger partial charge in [-0.15, -0.1) is 0 Å². The van der Waals surface area contributed by atoms with E-state index in [9.17, 15) is 19.1 Å². The van der Waals surface area contributed by atoms with Gasteiger partial charge < -0.3 is 25.6 Å². The first-order valence-electron chi connectivity index (χ1n) is 9.24. The zero-order valence-electron chi connectivity index (χ0n) is 16.2. The Morgan fingerprint density at radius 1 is 1.33 bits per heavy atom. The number of aliphatic hydroxyl groups excluding tert-OH is 1. The van der Waals surface area contributed by atoms with Crippen LogP contribution in [0.2, 0.25) is 0 Å². The van der Waals surface area contributed by atoms with Crippen LogP contribution in [0.3, 0.4) is 0 Å². The lowest BCUT2D eigenvalue weighted by Gasteiger charge is -2.31. The molecule has 5 N–H and O–H groups in total. The molecule has 0 spiro atoms. The first-order valence-corrected chi connectivity index (χ1v) is 9.24. The lowest BCUT2D eigenvalue weighted by Crippen LogP contribution is -2.48. The van der Waals surface area contributed by atoms with E-state index in [0.717, 1.165) is 0 Å². The molecule has 0 radical (unpaired) electrons. The maximum Gasteiger partial charge on any atom is 0.256 e. The molecule has 1 aliphatic heterocycles. The number of amides is 1. The van der Waals surface area contributed by atoms with Crippen molar-refractivity contribution >= 4 is 23.2 Å². The molecule has 1 heterocycles. The number of halogens is 1. The first kappa shape index (κ1) is 21.4. The highest BCUT2D eigenvalue weighted by Gasteiger charge is 2.41. The van der Waals surface area contributed by atoms with E-state index in [0.29, 0.717) is 23.2 Å². The van der Waals surface area contributed by atoms with Crippen molar-refractivity contribution < 1.29 is 28.6 Å². The Morgan fingerprint density at radius 3 is 2.67 bits per heavy atom. The summed E-state index contributed by atoms with van der Waals surface area (Å²) in [5, 5.41) is 20.3. The third-order valence-electron chi connectivity index (χ3n) is 4.92. The monoisotopic (exact) mass is 415 g/mol. The van der Waals surface area contributed by atoms with Crippen molar-refractivity contribution in [2.45, 2.75) is 24.5 Å². The van der Waals surface area contributed by atoms with Gasteiger partial charge in [0, 0.05) is 29.5 Å². The Morgan fingerprint density at radius 2 is 2.03 bits per heavy atom. The first-order chi connectivity index (χ1) is 14.3. The van der Waals surface area contributed by atoms with E-state index in [1.165, 1.54) is 37.4 Å². The molecule has 1 saturated heterocycles. The highest BCUT2D eigenvalue weighted by molar-refractivity contribution is 6.01. The number of hydrogen-bond donors (Lipinski definition) is 4. The van der Waals surface area contributed by atoms with Crippen molar-refractivity contribution in [3.05, 3.63) is 59.4 Å². The second kappa shape index (κ2) is 9.02. The van der Waals surface area contributed by atoms with Crippen LogP contribution in [-0.2, 0) is 14.3 Å². The molecule has 3 atom stereocenters. The molecule has 2 aromatic rings. The number of nitrogen functional groups attached to an aromatic ring is 1. The van der Waals surface area contributed by atoms with Gasteiger partial charge >= 0.3 is 0 Å². The van der Waals surface area contributed by atoms with Crippen LogP contribution in [0, 0.1) is 11.2 Å². The Labute approximate surface area is 172 Å². The quantitative estimate of drug-likeness (QED) is 0.418. The summed E-state index contributed by atoms with van der Waals surface area (Å²) in [4.78, 5) is 25.4. The highest BCUT2D eigenvalue weighted by atomic mass is 19.1. The third kappa shape index (κ3) is 4.47. The van der Waals surface area contributed by atoms with Crippen molar-refractivity contribution in [1.82, 2.24) is 0 Å². The second-order valence-electron chi connectivity index (χ2n) is 6.85. The number of hydrogen-bond acceptors (Lipinski definition) is 6. The molecule has 0 saturated carbocycles. The average Bonchev–Trinajstić information content (AvgIpc) is 2.74. The number of carbonyl (C=O) groups excluding carboxylic acids is 2. The van der Waals surface area contributed by atoms with Crippen LogP contribution in [0.1, 0.15) is 23.5 Å². The largest absolute Gasteiger partial charge is 0.496 e. The van der Waals surface area contributed by atoms with E-state index in [-0.39, 0.29) is 18.2 Å². The lowest BCUT2D eigenvalue weighted by molar-refractivity contribution is -0.153. The third-order valence-corrected chi connectivity index (χ3v) is 4.92. The summed E-state index contributed by atoms with van der Waals surface area (Å²) in [6, 6.07) is 10.0. The molecule has 1 aliphatic rings. The molecule has 158 valence electrons. The zero-order chi connectivity index (χ0) is 21.8. The standard InChI is InChI=1S/C21H22FN3O5/c1-29-16-10-12(22)4-7-14(16)15-8-9-30-19(17(15)26)18(27)21(28)25-13-5-2-11(3-6-13)20(23)24/h2-7,10,15,18-19,27H,8-9H2,1H3,(H3,23,24)(H,25,28)/t15?,18-,19+/m1/s1. The van der Waals surface area contributed by atoms with Gasteiger partial charge in [0.1, 0.15) is 17.4 Å². The molecule has 1 amide bonds. The van der Waals surface area contributed by atoms with Crippen molar-refractivity contribution in [3.8, 4) is 5.75 Å². The Balaban J connectivity index is 1.74. The molecule has 8 nitrogen and oxygen atoms in total. The molecule has 30 heavy (non-hydrogen) atoms. The van der Waals surface area contributed by atoms with Gasteiger partial charge in [-0.05, 0) is 36.8 Å². The minimum Gasteiger partial charge on any atom is -0.496 e. The van der Waals surface area contributed by atoms with Gasteiger partial charge in [-0.3, -0.25) is 15.0 Å². The van der Waals surface area contributed by atoms with Gasteiger partial charge in [0.15, 0.2) is 18.0 Å². The van der Waals surface area contributed by atoms with Gasteiger partial charge in [-0.2, -0.15) is 0 Å². The number of carbonyl (C=O) groups is 2. The van der Waals surface area contributed by atoms with Gasteiger partial charge in [0.05, 0.1) is 13.0 Å². The van der Waals surface area contributed by atoms with Crippen LogP contribution in [-0.4, -0.2) is 48.6 Å². The van der Waals surface area contributed by atoms with Crippen LogP contribution < -0.4 is 15.8 Å². The summed E-state index contributed by atoms with van der Waals surface area (Å²) in [7, 11) is 1.37. The summed E-state index contributed by atoms with van der Waals surface area (Å²) < 4.78 is 24.1. The van der Waals surface area contributed by atoms with Gasteiger partial charge in [0.25, 0.3) is 5.91 Å². The average molecular weight is 415 g/mol. The number of aliphatic hydroxyl groups is 1.